The Hall–Kier alpha value is -2.74. The highest BCUT2D eigenvalue weighted by atomic mass is 15.3. The number of nitrogens with zero attached hydrogens (tertiary/aromatic N) is 1. The standard InChI is InChI=1S/C20H18N2/c1-15-11-13-16(14-12-15)20-21-18-9-5-6-10-19(18)22(20)17-7-3-2-4-8-17/h2-14,20-21H,1H3. The van der Waals surface area contributed by atoms with Gasteiger partial charge in [-0.05, 0) is 36.8 Å². The molecule has 0 aromatic heterocycles. The number of nitrogens with one attached hydrogen (secondary N) is 1. The molecule has 2 nitrogen and oxygen atoms in total. The van der Waals surface area contributed by atoms with Crippen LogP contribution in [0.4, 0.5) is 17.1 Å². The Morgan fingerprint density at radius 2 is 1.45 bits per heavy atom. The van der Waals surface area contributed by atoms with E-state index < -0.39 is 0 Å². The molecule has 22 heavy (non-hydrogen) atoms. The molecule has 0 fully saturated rings. The van der Waals surface area contributed by atoms with Crippen LogP contribution in [0.1, 0.15) is 17.3 Å². The number of hydrogen-bond donors (Lipinski definition) is 1. The van der Waals surface area contributed by atoms with E-state index in [1.807, 2.05) is 0 Å². The van der Waals surface area contributed by atoms with Crippen molar-refractivity contribution in [2.75, 3.05) is 10.2 Å². The van der Waals surface area contributed by atoms with Gasteiger partial charge in [0.15, 0.2) is 0 Å². The number of hydrogen-bond acceptors (Lipinski definition) is 2. The molecule has 3 aromatic carbocycles. The average Bonchev–Trinajstić information content (AvgIpc) is 2.96. The fraction of sp³-hybridized carbons (Fsp3) is 0.100. The molecule has 1 heterocycles. The zero-order valence-corrected chi connectivity index (χ0v) is 12.5. The van der Waals surface area contributed by atoms with Gasteiger partial charge in [-0.15, -0.1) is 0 Å². The van der Waals surface area contributed by atoms with Gasteiger partial charge in [0.05, 0.1) is 11.4 Å². The number of para-hydroxylation sites is 3. The van der Waals surface area contributed by atoms with Gasteiger partial charge in [-0.2, -0.15) is 0 Å². The number of aryl methyl sites for hydroxylation is 1. The molecule has 0 radical (unpaired) electrons. The lowest BCUT2D eigenvalue weighted by atomic mass is 10.1. The zero-order valence-electron chi connectivity index (χ0n) is 12.5. The Kier molecular flexibility index (Phi) is 3.08. The molecule has 1 unspecified atom stereocenters. The Balaban J connectivity index is 1.83. The van der Waals surface area contributed by atoms with Gasteiger partial charge >= 0.3 is 0 Å². The van der Waals surface area contributed by atoms with E-state index in [-0.39, 0.29) is 6.17 Å². The Bertz CT molecular complexity index is 778. The molecule has 108 valence electrons. The van der Waals surface area contributed by atoms with Crippen LogP contribution >= 0.6 is 0 Å². The minimum absolute atomic E-state index is 0.125. The molecule has 1 N–H and O–H groups in total. The van der Waals surface area contributed by atoms with E-state index in [0.717, 1.165) is 0 Å². The monoisotopic (exact) mass is 286 g/mol. The first-order chi connectivity index (χ1) is 10.8. The minimum Gasteiger partial charge on any atom is -0.359 e. The second-order valence-corrected chi connectivity index (χ2v) is 5.68. The first kappa shape index (κ1) is 13.0. The van der Waals surface area contributed by atoms with Crippen LogP contribution in [0.15, 0.2) is 78.9 Å². The molecule has 1 aliphatic heterocycles. The van der Waals surface area contributed by atoms with Gasteiger partial charge in [0, 0.05) is 5.69 Å². The number of benzene rings is 3. The maximum Gasteiger partial charge on any atom is 0.130 e. The SMILES string of the molecule is Cc1ccc(C2Nc3ccccc3N2c2ccccc2)cc1. The van der Waals surface area contributed by atoms with Crippen LogP contribution in [-0.4, -0.2) is 0 Å². The maximum absolute atomic E-state index is 3.64. The van der Waals surface area contributed by atoms with Crippen molar-refractivity contribution in [3.63, 3.8) is 0 Å². The van der Waals surface area contributed by atoms with Crippen LogP contribution in [0.3, 0.4) is 0 Å². The Morgan fingerprint density at radius 3 is 2.23 bits per heavy atom. The normalized spacial score (nSPS) is 16.2. The summed E-state index contributed by atoms with van der Waals surface area (Å²) in [5.74, 6) is 0. The zero-order chi connectivity index (χ0) is 14.9. The number of rotatable bonds is 2. The van der Waals surface area contributed by atoms with E-state index in [9.17, 15) is 0 Å². The van der Waals surface area contributed by atoms with E-state index >= 15 is 0 Å². The topological polar surface area (TPSA) is 15.3 Å². The Labute approximate surface area is 131 Å². The van der Waals surface area contributed by atoms with Crippen LogP contribution in [0.25, 0.3) is 0 Å². The summed E-state index contributed by atoms with van der Waals surface area (Å²) < 4.78 is 0. The van der Waals surface area contributed by atoms with Gasteiger partial charge in [-0.3, -0.25) is 0 Å². The molecule has 0 saturated heterocycles. The summed E-state index contributed by atoms with van der Waals surface area (Å²) in [5, 5.41) is 3.64. The van der Waals surface area contributed by atoms with Crippen LogP contribution in [-0.2, 0) is 0 Å². The van der Waals surface area contributed by atoms with Gasteiger partial charge in [-0.25, -0.2) is 0 Å². The summed E-state index contributed by atoms with van der Waals surface area (Å²) >= 11 is 0. The summed E-state index contributed by atoms with van der Waals surface area (Å²) in [7, 11) is 0. The van der Waals surface area contributed by atoms with Crippen molar-refractivity contribution in [2.45, 2.75) is 13.1 Å². The van der Waals surface area contributed by atoms with Gasteiger partial charge in [0.25, 0.3) is 0 Å². The van der Waals surface area contributed by atoms with Crippen LogP contribution in [0.2, 0.25) is 0 Å². The summed E-state index contributed by atoms with van der Waals surface area (Å²) in [4.78, 5) is 2.36. The van der Waals surface area contributed by atoms with E-state index in [2.05, 4.69) is 96.0 Å². The lowest BCUT2D eigenvalue weighted by Crippen LogP contribution is -2.23. The van der Waals surface area contributed by atoms with Crippen LogP contribution < -0.4 is 10.2 Å². The smallest absolute Gasteiger partial charge is 0.130 e. The third-order valence-electron chi connectivity index (χ3n) is 4.14. The van der Waals surface area contributed by atoms with Crippen molar-refractivity contribution in [1.29, 1.82) is 0 Å². The fourth-order valence-electron chi connectivity index (χ4n) is 3.01. The van der Waals surface area contributed by atoms with Crippen molar-refractivity contribution >= 4 is 17.1 Å². The summed E-state index contributed by atoms with van der Waals surface area (Å²) in [6, 6.07) is 27.8. The molecule has 0 bridgehead atoms. The lowest BCUT2D eigenvalue weighted by molar-refractivity contribution is 0.828. The van der Waals surface area contributed by atoms with Gasteiger partial charge in [-0.1, -0.05) is 60.2 Å². The molecular formula is C20H18N2. The first-order valence-corrected chi connectivity index (χ1v) is 7.59. The predicted molar refractivity (Wildman–Crippen MR) is 92.6 cm³/mol. The van der Waals surface area contributed by atoms with E-state index in [1.54, 1.807) is 0 Å². The highest BCUT2D eigenvalue weighted by Gasteiger charge is 2.30. The predicted octanol–water partition coefficient (Wildman–Crippen LogP) is 5.26. The molecule has 1 aliphatic rings. The highest BCUT2D eigenvalue weighted by Crippen LogP contribution is 2.45. The second-order valence-electron chi connectivity index (χ2n) is 5.68. The van der Waals surface area contributed by atoms with Crippen molar-refractivity contribution in [3.8, 4) is 0 Å². The van der Waals surface area contributed by atoms with Crippen LogP contribution in [0.5, 0.6) is 0 Å². The van der Waals surface area contributed by atoms with Crippen molar-refractivity contribution < 1.29 is 0 Å². The number of anilines is 3. The van der Waals surface area contributed by atoms with Gasteiger partial charge < -0.3 is 10.2 Å². The molecule has 1 atom stereocenters. The third kappa shape index (κ3) is 2.13. The molecule has 0 spiro atoms. The molecule has 2 heteroatoms. The largest absolute Gasteiger partial charge is 0.359 e. The van der Waals surface area contributed by atoms with E-state index in [4.69, 9.17) is 0 Å². The van der Waals surface area contributed by atoms with Crippen molar-refractivity contribution in [3.05, 3.63) is 90.0 Å². The summed E-state index contributed by atoms with van der Waals surface area (Å²) in [6.07, 6.45) is 0.125. The molecule has 0 saturated carbocycles. The quantitative estimate of drug-likeness (QED) is 0.691. The van der Waals surface area contributed by atoms with E-state index in [0.29, 0.717) is 0 Å². The maximum atomic E-state index is 3.64. The molecule has 0 amide bonds. The van der Waals surface area contributed by atoms with Gasteiger partial charge in [0.1, 0.15) is 6.17 Å². The highest BCUT2D eigenvalue weighted by molar-refractivity contribution is 5.83. The summed E-state index contributed by atoms with van der Waals surface area (Å²) in [5.41, 5.74) is 6.15. The molecule has 3 aromatic rings. The lowest BCUT2D eigenvalue weighted by Gasteiger charge is -2.27. The second kappa shape index (κ2) is 5.23. The van der Waals surface area contributed by atoms with Crippen molar-refractivity contribution in [2.24, 2.45) is 0 Å². The minimum atomic E-state index is 0.125. The van der Waals surface area contributed by atoms with Crippen molar-refractivity contribution in [1.82, 2.24) is 0 Å². The Morgan fingerprint density at radius 1 is 0.773 bits per heavy atom. The van der Waals surface area contributed by atoms with E-state index in [1.165, 1.54) is 28.2 Å². The first-order valence-electron chi connectivity index (χ1n) is 7.59. The molecule has 0 aliphatic carbocycles. The van der Waals surface area contributed by atoms with Gasteiger partial charge in [0.2, 0.25) is 0 Å². The average molecular weight is 286 g/mol. The molecular weight excluding hydrogens is 268 g/mol. The third-order valence-corrected chi connectivity index (χ3v) is 4.14. The molecule has 4 rings (SSSR count). The number of fused-ring (bicyclic) bond motifs is 1. The fourth-order valence-corrected chi connectivity index (χ4v) is 3.01. The van der Waals surface area contributed by atoms with Crippen LogP contribution in [0, 0.1) is 6.92 Å². The summed E-state index contributed by atoms with van der Waals surface area (Å²) in [6.45, 7) is 2.12.